The summed E-state index contributed by atoms with van der Waals surface area (Å²) in [6, 6.07) is 5.78. The average molecular weight is 246 g/mol. The van der Waals surface area contributed by atoms with E-state index in [0.717, 1.165) is 22.2 Å². The zero-order valence-electron chi connectivity index (χ0n) is 11.2. The summed E-state index contributed by atoms with van der Waals surface area (Å²) in [5.74, 6) is 1.37. The van der Waals surface area contributed by atoms with Crippen molar-refractivity contribution in [3.8, 4) is 11.5 Å². The van der Waals surface area contributed by atoms with E-state index in [1.807, 2.05) is 32.0 Å². The number of nitrogens with zero attached hydrogens (tertiary/aromatic N) is 1. The first-order valence-electron chi connectivity index (χ1n) is 5.85. The minimum atomic E-state index is -0.0488. The van der Waals surface area contributed by atoms with E-state index in [0.29, 0.717) is 11.5 Å². The fraction of sp³-hybridized carbons (Fsp3) is 0.357. The third kappa shape index (κ3) is 2.11. The minimum absolute atomic E-state index is 0.0488. The molecule has 0 aliphatic rings. The van der Waals surface area contributed by atoms with E-state index in [9.17, 15) is 0 Å². The molecule has 0 aliphatic heterocycles. The summed E-state index contributed by atoms with van der Waals surface area (Å²) in [5.41, 5.74) is 8.90. The van der Waals surface area contributed by atoms with Gasteiger partial charge in [0.2, 0.25) is 0 Å². The molecule has 0 amide bonds. The van der Waals surface area contributed by atoms with Crippen molar-refractivity contribution in [3.05, 3.63) is 29.5 Å². The maximum atomic E-state index is 6.01. The van der Waals surface area contributed by atoms with Gasteiger partial charge in [0.25, 0.3) is 0 Å². The van der Waals surface area contributed by atoms with E-state index in [4.69, 9.17) is 15.2 Å². The van der Waals surface area contributed by atoms with Crippen molar-refractivity contribution >= 4 is 10.9 Å². The molecule has 18 heavy (non-hydrogen) atoms. The summed E-state index contributed by atoms with van der Waals surface area (Å²) in [5, 5.41) is 1.01. The van der Waals surface area contributed by atoms with Crippen molar-refractivity contribution in [1.29, 1.82) is 0 Å². The number of nitrogens with two attached hydrogens (primary N) is 1. The third-order valence-electron chi connectivity index (χ3n) is 2.96. The smallest absolute Gasteiger partial charge is 0.162 e. The Labute approximate surface area is 107 Å². The fourth-order valence-corrected chi connectivity index (χ4v) is 2.09. The van der Waals surface area contributed by atoms with Crippen molar-refractivity contribution in [3.63, 3.8) is 0 Å². The lowest BCUT2D eigenvalue weighted by Crippen LogP contribution is -2.07. The highest BCUT2D eigenvalue weighted by Crippen LogP contribution is 2.34. The largest absolute Gasteiger partial charge is 0.493 e. The predicted octanol–water partition coefficient (Wildman–Crippen LogP) is 2.58. The van der Waals surface area contributed by atoms with Crippen LogP contribution in [0.5, 0.6) is 11.5 Å². The first-order valence-corrected chi connectivity index (χ1v) is 5.85. The molecule has 4 nitrogen and oxygen atoms in total. The lowest BCUT2D eigenvalue weighted by atomic mass is 10.0. The molecule has 0 spiro atoms. The number of fused-ring (bicyclic) bond motifs is 1. The molecule has 1 unspecified atom stereocenters. The molecule has 1 heterocycles. The second-order valence-electron chi connectivity index (χ2n) is 4.37. The number of pyridine rings is 1. The minimum Gasteiger partial charge on any atom is -0.493 e. The van der Waals surface area contributed by atoms with Gasteiger partial charge in [-0.3, -0.25) is 4.98 Å². The van der Waals surface area contributed by atoms with Crippen LogP contribution in [-0.2, 0) is 0 Å². The van der Waals surface area contributed by atoms with Crippen LogP contribution in [0.15, 0.2) is 18.2 Å². The van der Waals surface area contributed by atoms with Crippen LogP contribution in [-0.4, -0.2) is 19.2 Å². The van der Waals surface area contributed by atoms with Crippen molar-refractivity contribution < 1.29 is 9.47 Å². The summed E-state index contributed by atoms with van der Waals surface area (Å²) >= 11 is 0. The second-order valence-corrected chi connectivity index (χ2v) is 4.37. The highest BCUT2D eigenvalue weighted by molar-refractivity contribution is 5.86. The summed E-state index contributed by atoms with van der Waals surface area (Å²) in [4.78, 5) is 4.51. The number of aryl methyl sites for hydroxylation is 1. The van der Waals surface area contributed by atoms with Crippen LogP contribution in [0.3, 0.4) is 0 Å². The van der Waals surface area contributed by atoms with E-state index < -0.39 is 0 Å². The van der Waals surface area contributed by atoms with Crippen LogP contribution in [0.4, 0.5) is 0 Å². The van der Waals surface area contributed by atoms with E-state index in [2.05, 4.69) is 4.98 Å². The zero-order chi connectivity index (χ0) is 13.3. The molecule has 0 aliphatic carbocycles. The Balaban J connectivity index is 2.79. The van der Waals surface area contributed by atoms with Crippen LogP contribution >= 0.6 is 0 Å². The van der Waals surface area contributed by atoms with Gasteiger partial charge in [0.1, 0.15) is 0 Å². The quantitative estimate of drug-likeness (QED) is 0.904. The molecule has 96 valence electrons. The highest BCUT2D eigenvalue weighted by atomic mass is 16.5. The highest BCUT2D eigenvalue weighted by Gasteiger charge is 2.12. The number of ether oxygens (including phenoxy) is 2. The molecule has 0 bridgehead atoms. The Kier molecular flexibility index (Phi) is 3.39. The molecule has 4 heteroatoms. The van der Waals surface area contributed by atoms with E-state index in [-0.39, 0.29) is 6.04 Å². The number of aromatic nitrogens is 1. The molecule has 0 saturated carbocycles. The van der Waals surface area contributed by atoms with E-state index >= 15 is 0 Å². The van der Waals surface area contributed by atoms with Gasteiger partial charge in [-0.25, -0.2) is 0 Å². The molecule has 2 aromatic rings. The Morgan fingerprint density at radius 3 is 2.28 bits per heavy atom. The number of hydrogen-bond donors (Lipinski definition) is 1. The van der Waals surface area contributed by atoms with Gasteiger partial charge >= 0.3 is 0 Å². The third-order valence-corrected chi connectivity index (χ3v) is 2.96. The standard InChI is InChI=1S/C14H18N2O2/c1-8-5-10(9(2)15)11-6-13(17-3)14(18-4)7-12(11)16-8/h5-7,9H,15H2,1-4H3. The van der Waals surface area contributed by atoms with Crippen LogP contribution in [0.25, 0.3) is 10.9 Å². The normalized spacial score (nSPS) is 12.5. The van der Waals surface area contributed by atoms with Crippen molar-refractivity contribution in [2.75, 3.05) is 14.2 Å². The lowest BCUT2D eigenvalue weighted by molar-refractivity contribution is 0.355. The number of rotatable bonds is 3. The van der Waals surface area contributed by atoms with Gasteiger partial charge in [-0.15, -0.1) is 0 Å². The molecule has 2 rings (SSSR count). The molecule has 2 N–H and O–H groups in total. The molecule has 0 fully saturated rings. The zero-order valence-corrected chi connectivity index (χ0v) is 11.2. The SMILES string of the molecule is COc1cc2nc(C)cc(C(C)N)c2cc1OC. The Morgan fingerprint density at radius 2 is 1.72 bits per heavy atom. The van der Waals surface area contributed by atoms with Gasteiger partial charge < -0.3 is 15.2 Å². The monoisotopic (exact) mass is 246 g/mol. The van der Waals surface area contributed by atoms with Crippen molar-refractivity contribution in [2.24, 2.45) is 5.73 Å². The molecule has 1 atom stereocenters. The average Bonchev–Trinajstić information content (AvgIpc) is 2.35. The molecule has 1 aromatic heterocycles. The number of benzene rings is 1. The first kappa shape index (κ1) is 12.6. The molecule has 1 aromatic carbocycles. The van der Waals surface area contributed by atoms with Crippen molar-refractivity contribution in [2.45, 2.75) is 19.9 Å². The Hall–Kier alpha value is -1.81. The van der Waals surface area contributed by atoms with E-state index in [1.54, 1.807) is 14.2 Å². The maximum absolute atomic E-state index is 6.01. The van der Waals surface area contributed by atoms with E-state index in [1.165, 1.54) is 0 Å². The topological polar surface area (TPSA) is 57.4 Å². The molecule has 0 saturated heterocycles. The Bertz CT molecular complexity index is 580. The van der Waals surface area contributed by atoms with Gasteiger partial charge in [0.05, 0.1) is 19.7 Å². The first-order chi connectivity index (χ1) is 8.56. The lowest BCUT2D eigenvalue weighted by Gasteiger charge is -2.14. The number of hydrogen-bond acceptors (Lipinski definition) is 4. The molecule has 0 radical (unpaired) electrons. The van der Waals surface area contributed by atoms with Gasteiger partial charge in [0, 0.05) is 23.2 Å². The summed E-state index contributed by atoms with van der Waals surface area (Å²) in [6.07, 6.45) is 0. The van der Waals surface area contributed by atoms with Crippen LogP contribution in [0.1, 0.15) is 24.2 Å². The van der Waals surface area contributed by atoms with Gasteiger partial charge in [0.15, 0.2) is 11.5 Å². The maximum Gasteiger partial charge on any atom is 0.162 e. The molecular weight excluding hydrogens is 228 g/mol. The summed E-state index contributed by atoms with van der Waals surface area (Å²) in [7, 11) is 3.24. The van der Waals surface area contributed by atoms with Crippen molar-refractivity contribution in [1.82, 2.24) is 4.98 Å². The summed E-state index contributed by atoms with van der Waals surface area (Å²) < 4.78 is 10.6. The van der Waals surface area contributed by atoms with Gasteiger partial charge in [-0.1, -0.05) is 0 Å². The van der Waals surface area contributed by atoms with Gasteiger partial charge in [-0.2, -0.15) is 0 Å². The fourth-order valence-electron chi connectivity index (χ4n) is 2.09. The Morgan fingerprint density at radius 1 is 1.11 bits per heavy atom. The second kappa shape index (κ2) is 4.82. The predicted molar refractivity (Wildman–Crippen MR) is 72.2 cm³/mol. The van der Waals surface area contributed by atoms with Crippen LogP contribution < -0.4 is 15.2 Å². The van der Waals surface area contributed by atoms with Crippen LogP contribution in [0, 0.1) is 6.92 Å². The van der Waals surface area contributed by atoms with Crippen LogP contribution in [0.2, 0.25) is 0 Å². The number of methoxy groups -OCH3 is 2. The molecular formula is C14H18N2O2. The van der Waals surface area contributed by atoms with Gasteiger partial charge in [-0.05, 0) is 31.5 Å². The summed E-state index contributed by atoms with van der Waals surface area (Å²) in [6.45, 7) is 3.92.